The summed E-state index contributed by atoms with van der Waals surface area (Å²) in [6, 6.07) is 0. The number of aromatic nitrogens is 2. The summed E-state index contributed by atoms with van der Waals surface area (Å²) in [5, 5.41) is 4.81. The first kappa shape index (κ1) is 17.7. The van der Waals surface area contributed by atoms with Crippen molar-refractivity contribution >= 4 is 28.4 Å². The highest BCUT2D eigenvalue weighted by atomic mass is 16.5. The third-order valence-corrected chi connectivity index (χ3v) is 4.21. The second-order valence-corrected chi connectivity index (χ2v) is 5.72. The van der Waals surface area contributed by atoms with Gasteiger partial charge in [0, 0.05) is 44.8 Å². The number of rotatable bonds is 5. The van der Waals surface area contributed by atoms with E-state index in [0.717, 1.165) is 0 Å². The van der Waals surface area contributed by atoms with Crippen LogP contribution in [0.2, 0.25) is 0 Å². The smallest absolute Gasteiger partial charge is 0.295 e. The highest BCUT2D eigenvalue weighted by Gasteiger charge is 2.28. The van der Waals surface area contributed by atoms with E-state index in [1.165, 1.54) is 36.9 Å². The van der Waals surface area contributed by atoms with E-state index < -0.39 is 11.7 Å². The van der Waals surface area contributed by atoms with Crippen LogP contribution in [0.4, 0.5) is 5.82 Å². The number of pyridine rings is 1. The molecule has 0 unspecified atom stereocenters. The van der Waals surface area contributed by atoms with Crippen LogP contribution in [0.5, 0.6) is 5.75 Å². The van der Waals surface area contributed by atoms with Gasteiger partial charge in [-0.3, -0.25) is 14.6 Å². The monoisotopic (exact) mass is 359 g/mol. The number of Topliss-reactive ketones (excluding diaryl/α,β-unsaturated/α-hetero) is 1. The quantitative estimate of drug-likeness (QED) is 0.237. The van der Waals surface area contributed by atoms with Gasteiger partial charge in [-0.2, -0.15) is 0 Å². The number of carbonyl (C=O) groups is 2. The van der Waals surface area contributed by atoms with Crippen LogP contribution in [0.3, 0.4) is 0 Å². The number of hydrazine groups is 1. The maximum Gasteiger partial charge on any atom is 0.295 e. The van der Waals surface area contributed by atoms with Crippen LogP contribution in [0.1, 0.15) is 10.4 Å². The summed E-state index contributed by atoms with van der Waals surface area (Å²) in [6.07, 6.45) is 5.60. The Bertz CT molecular complexity index is 855. The van der Waals surface area contributed by atoms with Gasteiger partial charge in [0.2, 0.25) is 0 Å². The normalized spacial score (nSPS) is 14.8. The van der Waals surface area contributed by atoms with E-state index in [9.17, 15) is 9.59 Å². The van der Waals surface area contributed by atoms with Crippen LogP contribution in [0.15, 0.2) is 24.8 Å². The summed E-state index contributed by atoms with van der Waals surface area (Å²) in [4.78, 5) is 34.1. The molecule has 0 bridgehead atoms. The summed E-state index contributed by atoms with van der Waals surface area (Å²) < 4.78 is 5.32. The third-order valence-electron chi connectivity index (χ3n) is 4.21. The summed E-state index contributed by atoms with van der Waals surface area (Å²) in [6.45, 7) is 2.32. The van der Waals surface area contributed by atoms with Crippen molar-refractivity contribution in [2.45, 2.75) is 0 Å². The molecule has 0 aliphatic carbocycles. The van der Waals surface area contributed by atoms with Gasteiger partial charge in [0.15, 0.2) is 5.82 Å². The average molecular weight is 359 g/mol. The van der Waals surface area contributed by atoms with E-state index in [1.54, 1.807) is 4.90 Å². The Kier molecular flexibility index (Phi) is 5.05. The molecule has 3 rings (SSSR count). The van der Waals surface area contributed by atoms with Gasteiger partial charge in [-0.05, 0) is 0 Å². The molecule has 1 fully saturated rings. The Morgan fingerprint density at radius 1 is 1.38 bits per heavy atom. The summed E-state index contributed by atoms with van der Waals surface area (Å²) in [7, 11) is 1.47. The molecule has 26 heavy (non-hydrogen) atoms. The fraction of sp³-hybridized carbons (Fsp3) is 0.312. The Labute approximate surface area is 149 Å². The van der Waals surface area contributed by atoms with Crippen molar-refractivity contribution in [2.24, 2.45) is 11.6 Å². The van der Waals surface area contributed by atoms with Crippen molar-refractivity contribution in [1.29, 1.82) is 0 Å². The molecule has 10 heteroatoms. The number of H-pyrrole nitrogens is 1. The number of piperazine rings is 1. The fourth-order valence-corrected chi connectivity index (χ4v) is 2.92. The number of aromatic amines is 1. The SMILES string of the molecule is COc1cnc(N(N)/C=C\N)c2[nH]cc(C(=O)C(=O)N3CCNCC3)c12. The van der Waals surface area contributed by atoms with Gasteiger partial charge in [-0.15, -0.1) is 0 Å². The van der Waals surface area contributed by atoms with Crippen molar-refractivity contribution < 1.29 is 14.3 Å². The van der Waals surface area contributed by atoms with E-state index in [1.807, 2.05) is 0 Å². The van der Waals surface area contributed by atoms with Crippen molar-refractivity contribution in [1.82, 2.24) is 20.2 Å². The molecule has 3 heterocycles. The van der Waals surface area contributed by atoms with Crippen molar-refractivity contribution in [3.63, 3.8) is 0 Å². The minimum absolute atomic E-state index is 0.217. The molecular weight excluding hydrogens is 338 g/mol. The summed E-state index contributed by atoms with van der Waals surface area (Å²) in [5.74, 6) is 5.46. The molecule has 10 nitrogen and oxygen atoms in total. The number of nitrogens with two attached hydrogens (primary N) is 2. The number of ether oxygens (including phenoxy) is 1. The number of methoxy groups -OCH3 is 1. The standard InChI is InChI=1S/C16H21N7O3/c1-26-11-9-21-15(23(18)5-2-17)13-12(11)10(8-20-13)14(24)16(25)22-6-3-19-4-7-22/h2,5,8-9,19-20H,3-4,6-7,17-18H2,1H3/b5-2-. The van der Waals surface area contributed by atoms with Crippen molar-refractivity contribution in [3.8, 4) is 5.75 Å². The molecule has 1 saturated heterocycles. The van der Waals surface area contributed by atoms with Crippen molar-refractivity contribution in [2.75, 3.05) is 38.3 Å². The number of nitrogens with zero attached hydrogens (tertiary/aromatic N) is 3. The van der Waals surface area contributed by atoms with Crippen LogP contribution in [-0.4, -0.2) is 59.8 Å². The highest BCUT2D eigenvalue weighted by Crippen LogP contribution is 2.33. The first-order valence-corrected chi connectivity index (χ1v) is 8.09. The van der Waals surface area contributed by atoms with Crippen LogP contribution in [-0.2, 0) is 4.79 Å². The van der Waals surface area contributed by atoms with Gasteiger partial charge >= 0.3 is 0 Å². The summed E-state index contributed by atoms with van der Waals surface area (Å²) >= 11 is 0. The van der Waals surface area contributed by atoms with Gasteiger partial charge in [0.25, 0.3) is 11.7 Å². The fourth-order valence-electron chi connectivity index (χ4n) is 2.92. The maximum absolute atomic E-state index is 12.8. The Balaban J connectivity index is 2.04. The minimum atomic E-state index is -0.605. The molecule has 138 valence electrons. The molecule has 0 aromatic carbocycles. The van der Waals surface area contributed by atoms with Crippen LogP contribution >= 0.6 is 0 Å². The van der Waals surface area contributed by atoms with Crippen LogP contribution in [0.25, 0.3) is 10.9 Å². The number of fused-ring (bicyclic) bond motifs is 1. The Morgan fingerprint density at radius 2 is 2.12 bits per heavy atom. The van der Waals surface area contributed by atoms with E-state index in [2.05, 4.69) is 15.3 Å². The van der Waals surface area contributed by atoms with E-state index >= 15 is 0 Å². The lowest BCUT2D eigenvalue weighted by Gasteiger charge is -2.26. The van der Waals surface area contributed by atoms with Gasteiger partial charge in [0.05, 0.1) is 29.8 Å². The number of anilines is 1. The molecule has 0 saturated carbocycles. The van der Waals surface area contributed by atoms with E-state index in [0.29, 0.717) is 48.6 Å². The zero-order valence-corrected chi connectivity index (χ0v) is 14.4. The molecule has 6 N–H and O–H groups in total. The number of hydrogen-bond donors (Lipinski definition) is 4. The molecular formula is C16H21N7O3. The summed E-state index contributed by atoms with van der Waals surface area (Å²) in [5.41, 5.74) is 6.06. The molecule has 1 amide bonds. The maximum atomic E-state index is 12.8. The molecule has 2 aromatic rings. The lowest BCUT2D eigenvalue weighted by molar-refractivity contribution is -0.126. The minimum Gasteiger partial charge on any atom is -0.494 e. The van der Waals surface area contributed by atoms with Gasteiger partial charge in [-0.1, -0.05) is 0 Å². The number of amides is 1. The first-order valence-electron chi connectivity index (χ1n) is 8.09. The number of nitrogens with one attached hydrogen (secondary N) is 2. The zero-order chi connectivity index (χ0) is 18.7. The van der Waals surface area contributed by atoms with Crippen LogP contribution in [0, 0.1) is 0 Å². The Morgan fingerprint density at radius 3 is 2.77 bits per heavy atom. The molecule has 0 radical (unpaired) electrons. The third kappa shape index (κ3) is 3.07. The van der Waals surface area contributed by atoms with Gasteiger partial charge < -0.3 is 25.7 Å². The lowest BCUT2D eigenvalue weighted by Crippen LogP contribution is -2.48. The van der Waals surface area contributed by atoms with E-state index in [-0.39, 0.29) is 5.56 Å². The average Bonchev–Trinajstić information content (AvgIpc) is 3.12. The van der Waals surface area contributed by atoms with Gasteiger partial charge in [0.1, 0.15) is 5.75 Å². The molecule has 0 atom stereocenters. The lowest BCUT2D eigenvalue weighted by atomic mass is 10.1. The number of hydrogen-bond acceptors (Lipinski definition) is 8. The molecule has 1 aliphatic heterocycles. The zero-order valence-electron chi connectivity index (χ0n) is 14.4. The number of carbonyl (C=O) groups excluding carboxylic acids is 2. The number of ketones is 1. The largest absolute Gasteiger partial charge is 0.494 e. The topological polar surface area (TPSA) is 143 Å². The molecule has 2 aromatic heterocycles. The van der Waals surface area contributed by atoms with Gasteiger partial charge in [-0.25, -0.2) is 10.8 Å². The van der Waals surface area contributed by atoms with Crippen molar-refractivity contribution in [3.05, 3.63) is 30.4 Å². The molecule has 0 spiro atoms. The highest BCUT2D eigenvalue weighted by molar-refractivity contribution is 6.45. The second-order valence-electron chi connectivity index (χ2n) is 5.72. The second kappa shape index (κ2) is 7.42. The Hall–Kier alpha value is -3.11. The van der Waals surface area contributed by atoms with Crippen LogP contribution < -0.4 is 26.6 Å². The predicted molar refractivity (Wildman–Crippen MR) is 96.4 cm³/mol. The molecule has 1 aliphatic rings. The van der Waals surface area contributed by atoms with E-state index in [4.69, 9.17) is 16.3 Å². The first-order chi connectivity index (χ1) is 12.6. The predicted octanol–water partition coefficient (Wildman–Crippen LogP) is -0.704.